The fourth-order valence-electron chi connectivity index (χ4n) is 2.79. The Balaban J connectivity index is 1.70. The van der Waals surface area contributed by atoms with E-state index in [2.05, 4.69) is 20.4 Å². The van der Waals surface area contributed by atoms with Gasteiger partial charge in [-0.3, -0.25) is 9.48 Å². The molecule has 0 unspecified atom stereocenters. The van der Waals surface area contributed by atoms with Crippen molar-refractivity contribution in [3.63, 3.8) is 0 Å². The van der Waals surface area contributed by atoms with Crippen molar-refractivity contribution in [2.75, 3.05) is 12.4 Å². The maximum absolute atomic E-state index is 12.1. The molecule has 3 rings (SSSR count). The lowest BCUT2D eigenvalue weighted by molar-refractivity contribution is 0.0987. The minimum atomic E-state index is 0.0605. The van der Waals surface area contributed by atoms with Crippen molar-refractivity contribution >= 4 is 29.0 Å². The number of rotatable bonds is 8. The molecule has 2 heterocycles. The molecule has 7 nitrogen and oxygen atoms in total. The molecule has 28 heavy (non-hydrogen) atoms. The minimum Gasteiger partial charge on any atom is -0.495 e. The molecule has 3 aromatic rings. The third-order valence-corrected chi connectivity index (χ3v) is 4.76. The molecule has 0 aliphatic rings. The molecule has 0 spiro atoms. The highest BCUT2D eigenvalue weighted by atomic mass is 35.5. The van der Waals surface area contributed by atoms with E-state index in [1.807, 2.05) is 26.2 Å². The van der Waals surface area contributed by atoms with Gasteiger partial charge in [0.1, 0.15) is 5.75 Å². The van der Waals surface area contributed by atoms with Gasteiger partial charge in [0.2, 0.25) is 5.95 Å². The summed E-state index contributed by atoms with van der Waals surface area (Å²) in [6.45, 7) is 1.83. The van der Waals surface area contributed by atoms with Crippen LogP contribution in [0.4, 0.5) is 11.6 Å². The number of methoxy groups -OCH3 is 1. The number of hydrogen-bond donors (Lipinski definition) is 1. The molecule has 0 bridgehead atoms. The van der Waals surface area contributed by atoms with Crippen molar-refractivity contribution in [3.05, 3.63) is 58.6 Å². The third-order valence-electron chi connectivity index (χ3n) is 4.33. The van der Waals surface area contributed by atoms with Gasteiger partial charge in [0.15, 0.2) is 5.78 Å². The maximum atomic E-state index is 12.1. The Kier molecular flexibility index (Phi) is 6.26. The molecular formula is C20H22ClN5O2. The molecule has 8 heteroatoms. The highest BCUT2D eigenvalue weighted by Crippen LogP contribution is 2.31. The van der Waals surface area contributed by atoms with Crippen LogP contribution in [0.2, 0.25) is 5.02 Å². The number of carbonyl (C=O) groups excluding carboxylic acids is 1. The Bertz CT molecular complexity index is 969. The molecule has 0 atom stereocenters. The molecule has 146 valence electrons. The summed E-state index contributed by atoms with van der Waals surface area (Å²) >= 11 is 6.43. The van der Waals surface area contributed by atoms with Crippen LogP contribution in [0, 0.1) is 0 Å². The first-order valence-corrected chi connectivity index (χ1v) is 9.34. The molecule has 0 amide bonds. The average molecular weight is 400 g/mol. The Morgan fingerprint density at radius 3 is 2.57 bits per heavy atom. The summed E-state index contributed by atoms with van der Waals surface area (Å²) in [5, 5.41) is 7.72. The van der Waals surface area contributed by atoms with Crippen molar-refractivity contribution in [2.45, 2.75) is 26.2 Å². The van der Waals surface area contributed by atoms with Crippen LogP contribution in [-0.2, 0) is 19.9 Å². The lowest BCUT2D eigenvalue weighted by Gasteiger charge is -2.12. The van der Waals surface area contributed by atoms with Gasteiger partial charge < -0.3 is 10.1 Å². The van der Waals surface area contributed by atoms with Gasteiger partial charge in [-0.15, -0.1) is 0 Å². The van der Waals surface area contributed by atoms with Gasteiger partial charge in [0.05, 0.1) is 24.0 Å². The first-order valence-electron chi connectivity index (χ1n) is 8.96. The fraction of sp³-hybridized carbons (Fsp3) is 0.300. The number of halogens is 1. The van der Waals surface area contributed by atoms with Gasteiger partial charge in [0, 0.05) is 37.6 Å². The lowest BCUT2D eigenvalue weighted by atomic mass is 10.0. The predicted octanol–water partition coefficient (Wildman–Crippen LogP) is 3.99. The molecule has 0 saturated carbocycles. The van der Waals surface area contributed by atoms with Crippen molar-refractivity contribution in [1.29, 1.82) is 0 Å². The summed E-state index contributed by atoms with van der Waals surface area (Å²) in [6, 6.07) is 3.54. The summed E-state index contributed by atoms with van der Waals surface area (Å²) in [5.74, 6) is 1.08. The van der Waals surface area contributed by atoms with Crippen LogP contribution in [0.25, 0.3) is 0 Å². The average Bonchev–Trinajstić information content (AvgIpc) is 3.12. The van der Waals surface area contributed by atoms with E-state index in [0.29, 0.717) is 41.5 Å². The van der Waals surface area contributed by atoms with E-state index >= 15 is 0 Å². The van der Waals surface area contributed by atoms with E-state index in [1.54, 1.807) is 36.4 Å². The molecule has 0 radical (unpaired) electrons. The monoisotopic (exact) mass is 399 g/mol. The normalized spacial score (nSPS) is 10.7. The number of anilines is 2. The molecule has 0 fully saturated rings. The van der Waals surface area contributed by atoms with Gasteiger partial charge in [-0.25, -0.2) is 9.97 Å². The molecule has 0 aliphatic heterocycles. The summed E-state index contributed by atoms with van der Waals surface area (Å²) in [5.41, 5.74) is 3.28. The van der Waals surface area contributed by atoms with Gasteiger partial charge in [-0.1, -0.05) is 18.5 Å². The highest BCUT2D eigenvalue weighted by Gasteiger charge is 2.13. The van der Waals surface area contributed by atoms with Crippen LogP contribution in [0.15, 0.2) is 36.9 Å². The second-order valence-electron chi connectivity index (χ2n) is 6.37. The molecule has 0 saturated heterocycles. The van der Waals surface area contributed by atoms with E-state index in [1.165, 1.54) is 0 Å². The number of carbonyl (C=O) groups is 1. The van der Waals surface area contributed by atoms with Gasteiger partial charge in [0.25, 0.3) is 0 Å². The summed E-state index contributed by atoms with van der Waals surface area (Å²) in [6.07, 6.45) is 8.88. The predicted molar refractivity (Wildman–Crippen MR) is 109 cm³/mol. The van der Waals surface area contributed by atoms with E-state index in [9.17, 15) is 4.79 Å². The highest BCUT2D eigenvalue weighted by molar-refractivity contribution is 6.33. The van der Waals surface area contributed by atoms with Crippen LogP contribution in [0.3, 0.4) is 0 Å². The van der Waals surface area contributed by atoms with Crippen LogP contribution >= 0.6 is 11.6 Å². The maximum Gasteiger partial charge on any atom is 0.227 e. The lowest BCUT2D eigenvalue weighted by Crippen LogP contribution is -2.03. The number of aryl methyl sites for hydroxylation is 3. The number of nitrogens with one attached hydrogen (secondary N) is 1. The fourth-order valence-corrected chi connectivity index (χ4v) is 3.07. The third kappa shape index (κ3) is 4.67. The Hall–Kier alpha value is -2.93. The zero-order chi connectivity index (χ0) is 20.1. The molecule has 1 N–H and O–H groups in total. The number of nitrogens with zero attached hydrogens (tertiary/aromatic N) is 4. The molecular weight excluding hydrogens is 378 g/mol. The quantitative estimate of drug-likeness (QED) is 0.576. The standard InChI is InChI=1S/C20H22ClN5O2/c1-4-17(27)15-7-14(19(21)18(8-15)28-3)6-5-13-9-22-20(23-10-13)25-16-11-24-26(2)12-16/h7-12H,4-6H2,1-3H3,(H,22,23,25). The van der Waals surface area contributed by atoms with Crippen molar-refractivity contribution < 1.29 is 9.53 Å². The second-order valence-corrected chi connectivity index (χ2v) is 6.75. The van der Waals surface area contributed by atoms with Gasteiger partial charge >= 0.3 is 0 Å². The molecule has 0 aliphatic carbocycles. The zero-order valence-corrected chi connectivity index (χ0v) is 16.8. The number of benzene rings is 1. The van der Waals surface area contributed by atoms with Crippen LogP contribution in [-0.4, -0.2) is 32.6 Å². The number of aromatic nitrogens is 4. The van der Waals surface area contributed by atoms with Crippen molar-refractivity contribution in [2.24, 2.45) is 7.05 Å². The summed E-state index contributed by atoms with van der Waals surface area (Å²) < 4.78 is 7.02. The van der Waals surface area contributed by atoms with Crippen molar-refractivity contribution in [1.82, 2.24) is 19.7 Å². The van der Waals surface area contributed by atoms with E-state index in [0.717, 1.165) is 16.8 Å². The van der Waals surface area contributed by atoms with Crippen LogP contribution < -0.4 is 10.1 Å². The Morgan fingerprint density at radius 2 is 1.96 bits per heavy atom. The molecule has 2 aromatic heterocycles. The van der Waals surface area contributed by atoms with Crippen LogP contribution in [0.5, 0.6) is 5.75 Å². The largest absolute Gasteiger partial charge is 0.495 e. The first-order chi connectivity index (χ1) is 13.5. The summed E-state index contributed by atoms with van der Waals surface area (Å²) in [4.78, 5) is 20.8. The number of hydrogen-bond acceptors (Lipinski definition) is 6. The Morgan fingerprint density at radius 1 is 1.21 bits per heavy atom. The zero-order valence-electron chi connectivity index (χ0n) is 16.1. The van der Waals surface area contributed by atoms with Crippen LogP contribution in [0.1, 0.15) is 34.8 Å². The second kappa shape index (κ2) is 8.84. The Labute approximate surface area is 168 Å². The number of ether oxygens (including phenoxy) is 1. The van der Waals surface area contributed by atoms with Crippen molar-refractivity contribution in [3.8, 4) is 5.75 Å². The van der Waals surface area contributed by atoms with E-state index in [4.69, 9.17) is 16.3 Å². The van der Waals surface area contributed by atoms with Gasteiger partial charge in [-0.05, 0) is 36.1 Å². The SMILES string of the molecule is CCC(=O)c1cc(CCc2cnc(Nc3cnn(C)c3)nc2)c(Cl)c(OC)c1. The van der Waals surface area contributed by atoms with E-state index < -0.39 is 0 Å². The number of Topliss-reactive ketones (excluding diaryl/α,β-unsaturated/α-hetero) is 1. The smallest absolute Gasteiger partial charge is 0.227 e. The summed E-state index contributed by atoms with van der Waals surface area (Å²) in [7, 11) is 3.39. The topological polar surface area (TPSA) is 81.9 Å². The van der Waals surface area contributed by atoms with Gasteiger partial charge in [-0.2, -0.15) is 5.10 Å². The van der Waals surface area contributed by atoms with E-state index in [-0.39, 0.29) is 5.78 Å². The minimum absolute atomic E-state index is 0.0605. The first kappa shape index (κ1) is 19.8. The molecule has 1 aromatic carbocycles. The number of ketones is 1.